The van der Waals surface area contributed by atoms with Gasteiger partial charge in [0.15, 0.2) is 0 Å². The van der Waals surface area contributed by atoms with Crippen LogP contribution in [0.15, 0.2) is 16.6 Å². The van der Waals surface area contributed by atoms with Crippen molar-refractivity contribution in [3.05, 3.63) is 22.4 Å². The number of rotatable bonds is 3. The molecule has 0 amide bonds. The predicted octanol–water partition coefficient (Wildman–Crippen LogP) is 3.03. The van der Waals surface area contributed by atoms with E-state index in [9.17, 15) is 4.39 Å². The number of nitrogens with two attached hydrogens (primary N) is 1. The Balaban J connectivity index is 1.99. The molecule has 0 bridgehead atoms. The van der Waals surface area contributed by atoms with Crippen molar-refractivity contribution < 1.29 is 9.13 Å². The maximum atomic E-state index is 13.4. The Morgan fingerprint density at radius 1 is 1.50 bits per heavy atom. The third kappa shape index (κ3) is 3.14. The molecule has 1 aliphatic rings. The van der Waals surface area contributed by atoms with Gasteiger partial charge in [-0.15, -0.1) is 0 Å². The maximum Gasteiger partial charge on any atom is 0.145 e. The van der Waals surface area contributed by atoms with Crippen LogP contribution in [0.25, 0.3) is 0 Å². The SMILES string of the molecule is CN1CCCCC1COc1cc(F)c(Br)cc1N. The van der Waals surface area contributed by atoms with Gasteiger partial charge in [-0.25, -0.2) is 4.39 Å². The largest absolute Gasteiger partial charge is 0.490 e. The summed E-state index contributed by atoms with van der Waals surface area (Å²) in [6.45, 7) is 1.65. The van der Waals surface area contributed by atoms with Gasteiger partial charge in [-0.2, -0.15) is 0 Å². The molecule has 0 radical (unpaired) electrons. The van der Waals surface area contributed by atoms with Crippen molar-refractivity contribution in [1.29, 1.82) is 0 Å². The number of halogens is 2. The van der Waals surface area contributed by atoms with E-state index < -0.39 is 0 Å². The highest BCUT2D eigenvalue weighted by Crippen LogP contribution is 2.29. The molecule has 0 aliphatic carbocycles. The van der Waals surface area contributed by atoms with Crippen molar-refractivity contribution >= 4 is 21.6 Å². The minimum absolute atomic E-state index is 0.351. The smallest absolute Gasteiger partial charge is 0.145 e. The van der Waals surface area contributed by atoms with Crippen molar-refractivity contribution in [2.24, 2.45) is 0 Å². The van der Waals surface area contributed by atoms with Crippen LogP contribution in [0.1, 0.15) is 19.3 Å². The number of piperidine rings is 1. The van der Waals surface area contributed by atoms with Gasteiger partial charge < -0.3 is 15.4 Å². The number of likely N-dealkylation sites (N-methyl/N-ethyl adjacent to an activating group) is 1. The zero-order valence-electron chi connectivity index (χ0n) is 10.5. The first-order valence-electron chi connectivity index (χ1n) is 6.15. The van der Waals surface area contributed by atoms with Crippen molar-refractivity contribution in [1.82, 2.24) is 4.90 Å². The number of anilines is 1. The average Bonchev–Trinajstić information content (AvgIpc) is 2.34. The quantitative estimate of drug-likeness (QED) is 0.871. The molecule has 2 rings (SSSR count). The first-order chi connectivity index (χ1) is 8.58. The number of nitrogens with zero attached hydrogens (tertiary/aromatic N) is 1. The molecule has 2 N–H and O–H groups in total. The van der Waals surface area contributed by atoms with E-state index in [0.29, 0.717) is 28.6 Å². The molecule has 1 heterocycles. The number of hydrogen-bond donors (Lipinski definition) is 1. The zero-order valence-corrected chi connectivity index (χ0v) is 12.0. The van der Waals surface area contributed by atoms with Crippen LogP contribution in [0, 0.1) is 5.82 Å². The molecule has 1 aromatic rings. The van der Waals surface area contributed by atoms with E-state index in [1.54, 1.807) is 0 Å². The fourth-order valence-corrected chi connectivity index (χ4v) is 2.57. The maximum absolute atomic E-state index is 13.4. The summed E-state index contributed by atoms with van der Waals surface area (Å²) in [4.78, 5) is 2.29. The molecular formula is C13H18BrFN2O. The molecule has 1 unspecified atom stereocenters. The molecule has 18 heavy (non-hydrogen) atoms. The van der Waals surface area contributed by atoms with Crippen LogP contribution in [0.4, 0.5) is 10.1 Å². The second-order valence-corrected chi connectivity index (χ2v) is 5.60. The van der Waals surface area contributed by atoms with E-state index >= 15 is 0 Å². The Bertz CT molecular complexity index is 428. The summed E-state index contributed by atoms with van der Waals surface area (Å²) in [6, 6.07) is 3.27. The summed E-state index contributed by atoms with van der Waals surface area (Å²) < 4.78 is 19.4. The fraction of sp³-hybridized carbons (Fsp3) is 0.538. The highest BCUT2D eigenvalue weighted by Gasteiger charge is 2.20. The minimum Gasteiger partial charge on any atom is -0.490 e. The van der Waals surface area contributed by atoms with E-state index in [2.05, 4.69) is 27.9 Å². The van der Waals surface area contributed by atoms with Gasteiger partial charge in [0.05, 0.1) is 10.2 Å². The number of ether oxygens (including phenoxy) is 1. The molecule has 0 saturated carbocycles. The average molecular weight is 317 g/mol. The molecule has 100 valence electrons. The Hall–Kier alpha value is -0.810. The van der Waals surface area contributed by atoms with Gasteiger partial charge in [0.25, 0.3) is 0 Å². The first kappa shape index (κ1) is 13.6. The standard InChI is InChI=1S/C13H18BrFN2O/c1-17-5-3-2-4-9(17)8-18-13-7-11(15)10(14)6-12(13)16/h6-7,9H,2-5,8,16H2,1H3. The van der Waals surface area contributed by atoms with Crippen LogP contribution in [0.5, 0.6) is 5.75 Å². The third-order valence-electron chi connectivity index (χ3n) is 3.41. The van der Waals surface area contributed by atoms with E-state index in [4.69, 9.17) is 10.5 Å². The lowest BCUT2D eigenvalue weighted by Crippen LogP contribution is -2.40. The van der Waals surface area contributed by atoms with Gasteiger partial charge in [0.2, 0.25) is 0 Å². The van der Waals surface area contributed by atoms with Gasteiger partial charge >= 0.3 is 0 Å². The van der Waals surface area contributed by atoms with Crippen LogP contribution in [0.2, 0.25) is 0 Å². The normalized spacial score (nSPS) is 20.9. The third-order valence-corrected chi connectivity index (χ3v) is 4.01. The molecule has 3 nitrogen and oxygen atoms in total. The molecule has 1 fully saturated rings. The fourth-order valence-electron chi connectivity index (χ4n) is 2.21. The lowest BCUT2D eigenvalue weighted by molar-refractivity contribution is 0.125. The topological polar surface area (TPSA) is 38.5 Å². The Morgan fingerprint density at radius 3 is 3.00 bits per heavy atom. The van der Waals surface area contributed by atoms with Gasteiger partial charge in [-0.1, -0.05) is 6.42 Å². The zero-order chi connectivity index (χ0) is 13.1. The summed E-state index contributed by atoms with van der Waals surface area (Å²) in [5, 5.41) is 0. The van der Waals surface area contributed by atoms with Gasteiger partial charge in [0, 0.05) is 12.1 Å². The van der Waals surface area contributed by atoms with Gasteiger partial charge in [-0.3, -0.25) is 0 Å². The number of benzene rings is 1. The summed E-state index contributed by atoms with van der Waals surface area (Å²) in [5.74, 6) is 0.0749. The Labute approximate surface area is 115 Å². The first-order valence-corrected chi connectivity index (χ1v) is 6.95. The molecule has 1 saturated heterocycles. The molecule has 0 aromatic heterocycles. The molecule has 1 aliphatic heterocycles. The molecular weight excluding hydrogens is 299 g/mol. The van der Waals surface area contributed by atoms with Crippen LogP contribution in [-0.4, -0.2) is 31.1 Å². The monoisotopic (exact) mass is 316 g/mol. The lowest BCUT2D eigenvalue weighted by atomic mass is 10.0. The molecule has 0 spiro atoms. The van der Waals surface area contributed by atoms with E-state index in [-0.39, 0.29) is 5.82 Å². The summed E-state index contributed by atoms with van der Waals surface area (Å²) in [5.41, 5.74) is 6.27. The minimum atomic E-state index is -0.351. The number of likely N-dealkylation sites (tertiary alicyclic amines) is 1. The van der Waals surface area contributed by atoms with Gasteiger partial charge in [-0.05, 0) is 48.4 Å². The van der Waals surface area contributed by atoms with E-state index in [1.807, 2.05) is 0 Å². The van der Waals surface area contributed by atoms with Crippen LogP contribution < -0.4 is 10.5 Å². The molecule has 1 aromatic carbocycles. The Morgan fingerprint density at radius 2 is 2.28 bits per heavy atom. The van der Waals surface area contributed by atoms with Crippen molar-refractivity contribution in [2.75, 3.05) is 25.9 Å². The van der Waals surface area contributed by atoms with Crippen LogP contribution >= 0.6 is 15.9 Å². The van der Waals surface area contributed by atoms with Crippen LogP contribution in [0.3, 0.4) is 0 Å². The van der Waals surface area contributed by atoms with Gasteiger partial charge in [0.1, 0.15) is 18.2 Å². The summed E-state index contributed by atoms with van der Waals surface area (Å²) >= 11 is 3.10. The lowest BCUT2D eigenvalue weighted by Gasteiger charge is -2.32. The second-order valence-electron chi connectivity index (χ2n) is 4.75. The molecule has 1 atom stereocenters. The highest BCUT2D eigenvalue weighted by atomic mass is 79.9. The van der Waals surface area contributed by atoms with Crippen molar-refractivity contribution in [3.63, 3.8) is 0 Å². The van der Waals surface area contributed by atoms with Crippen molar-refractivity contribution in [3.8, 4) is 5.75 Å². The van der Waals surface area contributed by atoms with Crippen LogP contribution in [-0.2, 0) is 0 Å². The summed E-state index contributed by atoms with van der Waals surface area (Å²) in [7, 11) is 2.10. The van der Waals surface area contributed by atoms with E-state index in [1.165, 1.54) is 25.0 Å². The predicted molar refractivity (Wildman–Crippen MR) is 74.3 cm³/mol. The second kappa shape index (κ2) is 5.89. The molecule has 5 heteroatoms. The van der Waals surface area contributed by atoms with E-state index in [0.717, 1.165) is 13.0 Å². The number of nitrogen functional groups attached to an aromatic ring is 1. The highest BCUT2D eigenvalue weighted by molar-refractivity contribution is 9.10. The Kier molecular flexibility index (Phi) is 4.45. The van der Waals surface area contributed by atoms with Crippen molar-refractivity contribution in [2.45, 2.75) is 25.3 Å². The summed E-state index contributed by atoms with van der Waals surface area (Å²) in [6.07, 6.45) is 3.58. The number of hydrogen-bond acceptors (Lipinski definition) is 3.